The molecule has 0 spiro atoms. The summed E-state index contributed by atoms with van der Waals surface area (Å²) in [6.07, 6.45) is 2.82. The molecule has 1 atom stereocenters. The zero-order valence-electron chi connectivity index (χ0n) is 18.1. The normalized spacial score (nSPS) is 20.6. The SMILES string of the molecule is O=C1CCC(N2Cc3cc(CNCc4ccc5c(c4)CCNCC5)ccc3C2=O)C(=O)N1. The van der Waals surface area contributed by atoms with Gasteiger partial charge in [-0.3, -0.25) is 19.7 Å². The van der Waals surface area contributed by atoms with Crippen LogP contribution in [0.1, 0.15) is 51.0 Å². The van der Waals surface area contributed by atoms with E-state index in [2.05, 4.69) is 40.2 Å². The number of hydrogen-bond donors (Lipinski definition) is 3. The van der Waals surface area contributed by atoms with Crippen molar-refractivity contribution < 1.29 is 14.4 Å². The number of nitrogens with zero attached hydrogens (tertiary/aromatic N) is 1. The van der Waals surface area contributed by atoms with Gasteiger partial charge in [-0.05, 0) is 66.2 Å². The van der Waals surface area contributed by atoms with Crippen molar-refractivity contribution in [2.75, 3.05) is 13.1 Å². The van der Waals surface area contributed by atoms with Gasteiger partial charge in [-0.25, -0.2) is 0 Å². The first-order chi connectivity index (χ1) is 15.6. The van der Waals surface area contributed by atoms with Crippen LogP contribution in [0.3, 0.4) is 0 Å². The van der Waals surface area contributed by atoms with Crippen LogP contribution in [0.4, 0.5) is 0 Å². The van der Waals surface area contributed by atoms with Crippen LogP contribution in [0, 0.1) is 0 Å². The van der Waals surface area contributed by atoms with Crippen molar-refractivity contribution in [3.05, 3.63) is 69.8 Å². The Labute approximate surface area is 187 Å². The van der Waals surface area contributed by atoms with Crippen LogP contribution in [-0.2, 0) is 42.1 Å². The number of amides is 3. The second-order valence-corrected chi connectivity index (χ2v) is 8.85. The Bertz CT molecular complexity index is 1080. The predicted molar refractivity (Wildman–Crippen MR) is 120 cm³/mol. The molecule has 0 aromatic heterocycles. The van der Waals surface area contributed by atoms with E-state index in [9.17, 15) is 14.4 Å². The molecular weight excluding hydrogens is 404 g/mol. The van der Waals surface area contributed by atoms with Crippen LogP contribution in [-0.4, -0.2) is 41.8 Å². The van der Waals surface area contributed by atoms with Gasteiger partial charge in [0.05, 0.1) is 0 Å². The van der Waals surface area contributed by atoms with E-state index < -0.39 is 6.04 Å². The van der Waals surface area contributed by atoms with E-state index in [0.717, 1.165) is 43.6 Å². The molecule has 2 aromatic carbocycles. The van der Waals surface area contributed by atoms with E-state index in [1.165, 1.54) is 16.7 Å². The Morgan fingerprint density at radius 3 is 2.38 bits per heavy atom. The average molecular weight is 433 g/mol. The molecule has 5 rings (SSSR count). The van der Waals surface area contributed by atoms with Crippen LogP contribution < -0.4 is 16.0 Å². The highest BCUT2D eigenvalue weighted by atomic mass is 16.2. The number of imide groups is 1. The van der Waals surface area contributed by atoms with Crippen molar-refractivity contribution in [3.63, 3.8) is 0 Å². The Balaban J connectivity index is 1.21. The highest BCUT2D eigenvalue weighted by molar-refractivity contribution is 6.05. The summed E-state index contributed by atoms with van der Waals surface area (Å²) in [5.41, 5.74) is 6.88. The lowest BCUT2D eigenvalue weighted by molar-refractivity contribution is -0.136. The minimum absolute atomic E-state index is 0.131. The van der Waals surface area contributed by atoms with E-state index in [4.69, 9.17) is 0 Å². The lowest BCUT2D eigenvalue weighted by Gasteiger charge is -2.29. The van der Waals surface area contributed by atoms with Gasteiger partial charge < -0.3 is 15.5 Å². The maximum Gasteiger partial charge on any atom is 0.255 e. The van der Waals surface area contributed by atoms with Gasteiger partial charge in [0.2, 0.25) is 11.8 Å². The standard InChI is InChI=1S/C25H28N4O3/c30-23-6-5-22(24(31)28-23)29-15-20-12-17(2-4-21(20)25(29)32)14-27-13-16-1-3-18-7-9-26-10-8-19(18)11-16/h1-4,11-12,22,26-27H,5-10,13-15H2,(H,28,30,31). The molecule has 3 N–H and O–H groups in total. The molecule has 2 aromatic rings. The fourth-order valence-electron chi connectivity index (χ4n) is 4.93. The molecule has 3 aliphatic rings. The molecule has 3 amide bonds. The summed E-state index contributed by atoms with van der Waals surface area (Å²) in [5, 5.41) is 9.31. The Morgan fingerprint density at radius 2 is 1.59 bits per heavy atom. The minimum Gasteiger partial charge on any atom is -0.322 e. The smallest absolute Gasteiger partial charge is 0.255 e. The van der Waals surface area contributed by atoms with Gasteiger partial charge in [0.25, 0.3) is 5.91 Å². The zero-order valence-corrected chi connectivity index (χ0v) is 18.1. The first-order valence-electron chi connectivity index (χ1n) is 11.4. The molecule has 1 fully saturated rings. The van der Waals surface area contributed by atoms with E-state index in [-0.39, 0.29) is 24.1 Å². The number of benzene rings is 2. The molecule has 32 heavy (non-hydrogen) atoms. The molecule has 166 valence electrons. The Hall–Kier alpha value is -3.03. The molecule has 0 bridgehead atoms. The third-order valence-electron chi connectivity index (χ3n) is 6.66. The second kappa shape index (κ2) is 8.84. The van der Waals surface area contributed by atoms with Crippen molar-refractivity contribution in [2.45, 2.75) is 51.4 Å². The first kappa shape index (κ1) is 20.8. The van der Waals surface area contributed by atoms with Gasteiger partial charge in [-0.2, -0.15) is 0 Å². The number of hydrogen-bond acceptors (Lipinski definition) is 5. The maximum atomic E-state index is 12.8. The van der Waals surface area contributed by atoms with E-state index in [1.54, 1.807) is 4.90 Å². The molecule has 3 aliphatic heterocycles. The number of piperidine rings is 1. The third-order valence-corrected chi connectivity index (χ3v) is 6.66. The lowest BCUT2D eigenvalue weighted by Crippen LogP contribution is -2.52. The van der Waals surface area contributed by atoms with Crippen molar-refractivity contribution in [1.29, 1.82) is 0 Å². The van der Waals surface area contributed by atoms with Crippen molar-refractivity contribution >= 4 is 17.7 Å². The minimum atomic E-state index is -0.572. The first-order valence-corrected chi connectivity index (χ1v) is 11.4. The van der Waals surface area contributed by atoms with E-state index >= 15 is 0 Å². The Morgan fingerprint density at radius 1 is 0.875 bits per heavy atom. The van der Waals surface area contributed by atoms with Crippen LogP contribution in [0.2, 0.25) is 0 Å². The number of rotatable bonds is 5. The monoisotopic (exact) mass is 432 g/mol. The molecule has 7 nitrogen and oxygen atoms in total. The zero-order chi connectivity index (χ0) is 22.1. The van der Waals surface area contributed by atoms with E-state index in [1.807, 2.05) is 12.1 Å². The van der Waals surface area contributed by atoms with Gasteiger partial charge in [0.1, 0.15) is 6.04 Å². The summed E-state index contributed by atoms with van der Waals surface area (Å²) < 4.78 is 0. The van der Waals surface area contributed by atoms with Crippen molar-refractivity contribution in [1.82, 2.24) is 20.9 Å². The van der Waals surface area contributed by atoms with Gasteiger partial charge in [0, 0.05) is 31.6 Å². The fourth-order valence-corrected chi connectivity index (χ4v) is 4.93. The quantitative estimate of drug-likeness (QED) is 0.622. The lowest BCUT2D eigenvalue weighted by atomic mass is 10.00. The van der Waals surface area contributed by atoms with Gasteiger partial charge >= 0.3 is 0 Å². The van der Waals surface area contributed by atoms with Crippen molar-refractivity contribution in [3.8, 4) is 0 Å². The number of nitrogens with one attached hydrogen (secondary N) is 3. The van der Waals surface area contributed by atoms with Gasteiger partial charge in [0.15, 0.2) is 0 Å². The summed E-state index contributed by atoms with van der Waals surface area (Å²) in [7, 11) is 0. The topological polar surface area (TPSA) is 90.5 Å². The highest BCUT2D eigenvalue weighted by Gasteiger charge is 2.39. The molecule has 1 unspecified atom stereocenters. The molecular formula is C25H28N4O3. The summed E-state index contributed by atoms with van der Waals surface area (Å²) in [4.78, 5) is 38.0. The Kier molecular flexibility index (Phi) is 5.76. The highest BCUT2D eigenvalue weighted by Crippen LogP contribution is 2.28. The summed E-state index contributed by atoms with van der Waals surface area (Å²) >= 11 is 0. The summed E-state index contributed by atoms with van der Waals surface area (Å²) in [6.45, 7) is 3.99. The number of fused-ring (bicyclic) bond motifs is 2. The largest absolute Gasteiger partial charge is 0.322 e. The van der Waals surface area contributed by atoms with Crippen LogP contribution in [0.5, 0.6) is 0 Å². The van der Waals surface area contributed by atoms with Crippen LogP contribution in [0.25, 0.3) is 0 Å². The van der Waals surface area contributed by atoms with Crippen LogP contribution in [0.15, 0.2) is 36.4 Å². The van der Waals surface area contributed by atoms with Crippen LogP contribution >= 0.6 is 0 Å². The fraction of sp³-hybridized carbons (Fsp3) is 0.400. The van der Waals surface area contributed by atoms with Crippen molar-refractivity contribution in [2.24, 2.45) is 0 Å². The predicted octanol–water partition coefficient (Wildman–Crippen LogP) is 1.43. The van der Waals surface area contributed by atoms with Gasteiger partial charge in [-0.15, -0.1) is 0 Å². The molecule has 0 aliphatic carbocycles. The molecule has 1 saturated heterocycles. The summed E-state index contributed by atoms with van der Waals surface area (Å²) in [6, 6.07) is 12.1. The molecule has 0 radical (unpaired) electrons. The number of carbonyl (C=O) groups is 3. The number of carbonyl (C=O) groups excluding carboxylic acids is 3. The maximum absolute atomic E-state index is 12.8. The molecule has 3 heterocycles. The van der Waals surface area contributed by atoms with Gasteiger partial charge in [-0.1, -0.05) is 30.3 Å². The second-order valence-electron chi connectivity index (χ2n) is 8.85. The molecule has 7 heteroatoms. The summed E-state index contributed by atoms with van der Waals surface area (Å²) in [5.74, 6) is -0.774. The average Bonchev–Trinajstić information content (AvgIpc) is 2.95. The molecule has 0 saturated carbocycles. The van der Waals surface area contributed by atoms with E-state index in [0.29, 0.717) is 25.1 Å². The third kappa shape index (κ3) is 4.18.